The minimum Gasteiger partial charge on any atom is -0.458 e. The molecular formula is C23H48F2NO5S+. The fourth-order valence-corrected chi connectivity index (χ4v) is 3.29. The van der Waals surface area contributed by atoms with Gasteiger partial charge < -0.3 is 9.22 Å². The Hall–Kier alpha value is -0.800. The molecule has 0 amide bonds. The van der Waals surface area contributed by atoms with Gasteiger partial charge in [-0.3, -0.25) is 9.35 Å². The number of carbonyl (C=O) groups is 1. The van der Waals surface area contributed by atoms with Gasteiger partial charge in [-0.25, -0.2) is 0 Å². The van der Waals surface area contributed by atoms with Gasteiger partial charge >= 0.3 is 21.3 Å². The molecule has 0 saturated carbocycles. The van der Waals surface area contributed by atoms with E-state index in [9.17, 15) is 22.0 Å². The Morgan fingerprint density at radius 2 is 1.12 bits per heavy atom. The minimum atomic E-state index is -5.55. The third kappa shape index (κ3) is 14.4. The van der Waals surface area contributed by atoms with Gasteiger partial charge in [-0.2, -0.15) is 17.2 Å². The number of alkyl halides is 2. The SMILES string of the molecule is CC(C)(C)C(=O)OCC(F)(F)S(=O)(=O)O.CCCC[N+](CCCC)(CCCC)CCCC. The largest absolute Gasteiger partial charge is 0.458 e. The molecule has 0 bridgehead atoms. The zero-order chi connectivity index (χ0) is 25.5. The molecule has 0 aromatic carbocycles. The van der Waals surface area contributed by atoms with Crippen LogP contribution in [0.2, 0.25) is 0 Å². The highest BCUT2D eigenvalue weighted by Crippen LogP contribution is 2.23. The Morgan fingerprint density at radius 1 is 0.812 bits per heavy atom. The van der Waals surface area contributed by atoms with Crippen molar-refractivity contribution in [1.29, 1.82) is 0 Å². The summed E-state index contributed by atoms with van der Waals surface area (Å²) in [7, 11) is -5.55. The number of halogens is 2. The summed E-state index contributed by atoms with van der Waals surface area (Å²) in [5, 5.41) is -4.48. The zero-order valence-corrected chi connectivity index (χ0v) is 22.2. The van der Waals surface area contributed by atoms with Crippen LogP contribution in [0.25, 0.3) is 0 Å². The van der Waals surface area contributed by atoms with Gasteiger partial charge in [0.05, 0.1) is 31.6 Å². The molecule has 194 valence electrons. The molecule has 1 N–H and O–H groups in total. The number of hydrogen-bond donors (Lipinski definition) is 1. The molecule has 0 aromatic heterocycles. The van der Waals surface area contributed by atoms with Crippen LogP contribution in [0.15, 0.2) is 0 Å². The third-order valence-corrected chi connectivity index (χ3v) is 6.18. The Labute approximate surface area is 195 Å². The first kappa shape index (κ1) is 33.4. The van der Waals surface area contributed by atoms with Gasteiger partial charge in [0.25, 0.3) is 0 Å². The number of quaternary nitrogens is 1. The standard InChI is InChI=1S/C16H36N.C7H12F2O5S/c1-5-9-13-17(14-10-6-2,15-11-7-3)16-12-8-4;1-6(2,3)5(10)14-4-7(8,9)15(11,12)13/h5-16H2,1-4H3;4H2,1-3H3,(H,11,12,13)/q+1;. The van der Waals surface area contributed by atoms with E-state index in [1.807, 2.05) is 0 Å². The van der Waals surface area contributed by atoms with E-state index in [0.29, 0.717) is 0 Å². The molecule has 0 radical (unpaired) electrons. The third-order valence-electron chi connectivity index (χ3n) is 5.31. The van der Waals surface area contributed by atoms with Crippen molar-refractivity contribution < 1.29 is 35.8 Å². The normalized spacial score (nSPS) is 12.8. The maximum Gasteiger partial charge on any atom is 0.402 e. The van der Waals surface area contributed by atoms with Gasteiger partial charge in [-0.15, -0.1) is 0 Å². The smallest absolute Gasteiger partial charge is 0.402 e. The molecule has 0 aliphatic carbocycles. The predicted molar refractivity (Wildman–Crippen MR) is 126 cm³/mol. The van der Waals surface area contributed by atoms with Gasteiger partial charge in [0.15, 0.2) is 6.61 Å². The van der Waals surface area contributed by atoms with Crippen molar-refractivity contribution in [3.8, 4) is 0 Å². The lowest BCUT2D eigenvalue weighted by Gasteiger charge is -2.39. The van der Waals surface area contributed by atoms with Crippen LogP contribution >= 0.6 is 0 Å². The van der Waals surface area contributed by atoms with E-state index >= 15 is 0 Å². The molecule has 0 rings (SSSR count). The van der Waals surface area contributed by atoms with Crippen LogP contribution in [-0.2, 0) is 19.6 Å². The van der Waals surface area contributed by atoms with Crippen LogP contribution in [0.5, 0.6) is 0 Å². The lowest BCUT2D eigenvalue weighted by Crippen LogP contribution is -2.50. The number of rotatable bonds is 15. The summed E-state index contributed by atoms with van der Waals surface area (Å²) < 4.78 is 59.0. The monoisotopic (exact) mass is 488 g/mol. The number of esters is 1. The quantitative estimate of drug-likeness (QED) is 0.172. The molecule has 6 nitrogen and oxygen atoms in total. The van der Waals surface area contributed by atoms with Gasteiger partial charge in [0, 0.05) is 0 Å². The summed E-state index contributed by atoms with van der Waals surface area (Å²) >= 11 is 0. The first-order valence-corrected chi connectivity index (χ1v) is 13.4. The summed E-state index contributed by atoms with van der Waals surface area (Å²) in [6.07, 6.45) is 11.1. The van der Waals surface area contributed by atoms with Crippen LogP contribution in [0.3, 0.4) is 0 Å². The topological polar surface area (TPSA) is 80.7 Å². The second-order valence-corrected chi connectivity index (χ2v) is 11.1. The van der Waals surface area contributed by atoms with Crippen molar-refractivity contribution in [3.05, 3.63) is 0 Å². The Bertz CT molecular complexity index is 566. The van der Waals surface area contributed by atoms with Crippen molar-refractivity contribution in [1.82, 2.24) is 0 Å². The fraction of sp³-hybridized carbons (Fsp3) is 0.957. The van der Waals surface area contributed by atoms with Crippen LogP contribution in [0, 0.1) is 5.41 Å². The molecule has 0 aliphatic rings. The zero-order valence-electron chi connectivity index (χ0n) is 21.4. The summed E-state index contributed by atoms with van der Waals surface area (Å²) in [5.41, 5.74) is -1.02. The van der Waals surface area contributed by atoms with Crippen molar-refractivity contribution in [2.75, 3.05) is 32.8 Å². The maximum absolute atomic E-state index is 12.6. The van der Waals surface area contributed by atoms with Gasteiger partial charge in [-0.05, 0) is 46.5 Å². The van der Waals surface area contributed by atoms with Crippen LogP contribution in [-0.4, -0.2) is 61.5 Å². The molecule has 0 spiro atoms. The molecule has 0 saturated heterocycles. The lowest BCUT2D eigenvalue weighted by atomic mass is 9.97. The molecule has 32 heavy (non-hydrogen) atoms. The second-order valence-electron chi connectivity index (χ2n) is 9.59. The first-order valence-electron chi connectivity index (χ1n) is 12.0. The minimum absolute atomic E-state index is 0.981. The summed E-state index contributed by atoms with van der Waals surface area (Å²) in [6.45, 7) is 17.6. The van der Waals surface area contributed by atoms with Crippen molar-refractivity contribution in [2.45, 2.75) is 105 Å². The van der Waals surface area contributed by atoms with Crippen LogP contribution in [0.1, 0.15) is 99.8 Å². The summed E-state index contributed by atoms with van der Waals surface area (Å²) in [6, 6.07) is 0. The average Bonchev–Trinajstić information content (AvgIpc) is 2.70. The van der Waals surface area contributed by atoms with E-state index in [-0.39, 0.29) is 0 Å². The number of hydrogen-bond acceptors (Lipinski definition) is 4. The molecule has 0 heterocycles. The van der Waals surface area contributed by atoms with E-state index in [0.717, 1.165) is 0 Å². The highest BCUT2D eigenvalue weighted by molar-refractivity contribution is 7.86. The van der Waals surface area contributed by atoms with E-state index in [4.69, 9.17) is 4.55 Å². The summed E-state index contributed by atoms with van der Waals surface area (Å²) in [4.78, 5) is 11.0. The summed E-state index contributed by atoms with van der Waals surface area (Å²) in [5.74, 6) is -0.981. The molecule has 0 unspecified atom stereocenters. The van der Waals surface area contributed by atoms with Crippen LogP contribution in [0.4, 0.5) is 8.78 Å². The number of nitrogens with zero attached hydrogens (tertiary/aromatic N) is 1. The Balaban J connectivity index is 0. The maximum atomic E-state index is 12.6. The molecule has 0 aliphatic heterocycles. The fourth-order valence-electron chi connectivity index (χ4n) is 3.09. The molecule has 0 fully saturated rings. The van der Waals surface area contributed by atoms with E-state index in [2.05, 4.69) is 32.4 Å². The lowest BCUT2D eigenvalue weighted by molar-refractivity contribution is -0.929. The molecule has 0 atom stereocenters. The van der Waals surface area contributed by atoms with E-state index in [1.165, 1.54) is 103 Å². The van der Waals surface area contributed by atoms with Crippen molar-refractivity contribution >= 4 is 16.1 Å². The number of ether oxygens (including phenoxy) is 1. The van der Waals surface area contributed by atoms with Gasteiger partial charge in [-0.1, -0.05) is 53.4 Å². The Morgan fingerprint density at radius 3 is 1.34 bits per heavy atom. The highest BCUT2D eigenvalue weighted by atomic mass is 32.2. The first-order chi connectivity index (χ1) is 14.6. The number of unbranched alkanes of at least 4 members (excludes halogenated alkanes) is 4. The van der Waals surface area contributed by atoms with E-state index < -0.39 is 33.4 Å². The van der Waals surface area contributed by atoms with Crippen LogP contribution < -0.4 is 0 Å². The van der Waals surface area contributed by atoms with Gasteiger partial charge in [0.1, 0.15) is 0 Å². The van der Waals surface area contributed by atoms with Crippen molar-refractivity contribution in [3.63, 3.8) is 0 Å². The molecule has 0 aromatic rings. The number of carbonyl (C=O) groups excluding carboxylic acids is 1. The van der Waals surface area contributed by atoms with Crippen molar-refractivity contribution in [2.24, 2.45) is 5.41 Å². The van der Waals surface area contributed by atoms with Gasteiger partial charge in [0.2, 0.25) is 0 Å². The van der Waals surface area contributed by atoms with E-state index in [1.54, 1.807) is 0 Å². The second kappa shape index (κ2) is 15.9. The molecular weight excluding hydrogens is 440 g/mol. The predicted octanol–water partition coefficient (Wildman–Crippen LogP) is 6.06. The average molecular weight is 489 g/mol. The highest BCUT2D eigenvalue weighted by Gasteiger charge is 2.46. The Kier molecular flexibility index (Phi) is 16.6. The molecule has 9 heteroatoms.